The molecule has 6 heteroatoms. The minimum Gasteiger partial charge on any atom is -0.381 e. The van der Waals surface area contributed by atoms with Crippen LogP contribution in [0.25, 0.3) is 0 Å². The van der Waals surface area contributed by atoms with E-state index in [1.54, 1.807) is 6.20 Å². The Bertz CT molecular complexity index is 610. The Morgan fingerprint density at radius 2 is 2.20 bits per heavy atom. The molecule has 0 saturated carbocycles. The Morgan fingerprint density at radius 3 is 2.92 bits per heavy atom. The Labute approximate surface area is 153 Å². The number of aromatic nitrogens is 1. The summed E-state index contributed by atoms with van der Waals surface area (Å²) in [5.74, 6) is 1.76. The van der Waals surface area contributed by atoms with Gasteiger partial charge in [-0.05, 0) is 43.7 Å². The maximum atomic E-state index is 12.5. The van der Waals surface area contributed by atoms with Crippen LogP contribution < -0.4 is 0 Å². The third kappa shape index (κ3) is 3.86. The summed E-state index contributed by atoms with van der Waals surface area (Å²) in [7, 11) is 0. The van der Waals surface area contributed by atoms with Gasteiger partial charge in [0.25, 0.3) is 5.91 Å². The molecular formula is C19H26N2O3S. The summed E-state index contributed by atoms with van der Waals surface area (Å²) in [6, 6.07) is 3.77. The Balaban J connectivity index is 1.24. The molecule has 0 radical (unpaired) electrons. The predicted molar refractivity (Wildman–Crippen MR) is 98.0 cm³/mol. The van der Waals surface area contributed by atoms with Crippen LogP contribution >= 0.6 is 11.8 Å². The molecule has 3 aliphatic rings. The molecule has 4 rings (SSSR count). The van der Waals surface area contributed by atoms with E-state index in [1.807, 2.05) is 35.7 Å². The van der Waals surface area contributed by atoms with Crippen LogP contribution in [0.2, 0.25) is 0 Å². The van der Waals surface area contributed by atoms with Gasteiger partial charge in [-0.3, -0.25) is 9.78 Å². The van der Waals surface area contributed by atoms with E-state index < -0.39 is 0 Å². The zero-order valence-corrected chi connectivity index (χ0v) is 15.6. The molecule has 0 N–H and O–H groups in total. The smallest absolute Gasteiger partial charge is 0.272 e. The third-order valence-corrected chi connectivity index (χ3v) is 7.04. The highest BCUT2D eigenvalue weighted by molar-refractivity contribution is 8.01. The molecule has 3 aliphatic heterocycles. The van der Waals surface area contributed by atoms with E-state index in [2.05, 4.69) is 4.98 Å². The molecule has 1 amide bonds. The lowest BCUT2D eigenvalue weighted by Crippen LogP contribution is -2.60. The Morgan fingerprint density at radius 1 is 1.40 bits per heavy atom. The molecule has 5 nitrogen and oxygen atoms in total. The number of hydrogen-bond acceptors (Lipinski definition) is 5. The van der Waals surface area contributed by atoms with Crippen molar-refractivity contribution in [2.24, 2.45) is 5.92 Å². The summed E-state index contributed by atoms with van der Waals surface area (Å²) < 4.78 is 11.8. The van der Waals surface area contributed by atoms with E-state index in [0.717, 1.165) is 63.5 Å². The summed E-state index contributed by atoms with van der Waals surface area (Å²) >= 11 is 1.98. The molecule has 3 saturated heterocycles. The molecule has 1 aromatic rings. The van der Waals surface area contributed by atoms with Gasteiger partial charge in [-0.1, -0.05) is 6.07 Å². The molecule has 0 aromatic carbocycles. The summed E-state index contributed by atoms with van der Waals surface area (Å²) in [5.41, 5.74) is 1.63. The van der Waals surface area contributed by atoms with Gasteiger partial charge in [0.2, 0.25) is 0 Å². The number of rotatable bonds is 4. The number of ether oxygens (including phenoxy) is 2. The summed E-state index contributed by atoms with van der Waals surface area (Å²) in [5, 5.41) is 0. The largest absolute Gasteiger partial charge is 0.381 e. The first-order valence-electron chi connectivity index (χ1n) is 9.19. The van der Waals surface area contributed by atoms with Crippen LogP contribution in [0.15, 0.2) is 18.3 Å². The molecular weight excluding hydrogens is 336 g/mol. The highest BCUT2D eigenvalue weighted by atomic mass is 32.2. The Kier molecular flexibility index (Phi) is 5.02. The van der Waals surface area contributed by atoms with E-state index in [1.165, 1.54) is 0 Å². The van der Waals surface area contributed by atoms with Gasteiger partial charge in [0, 0.05) is 44.9 Å². The van der Waals surface area contributed by atoms with Gasteiger partial charge >= 0.3 is 0 Å². The first-order valence-corrected chi connectivity index (χ1v) is 10.2. The van der Waals surface area contributed by atoms with Gasteiger partial charge in [-0.2, -0.15) is 0 Å². The van der Waals surface area contributed by atoms with Crippen molar-refractivity contribution in [2.75, 3.05) is 38.7 Å². The van der Waals surface area contributed by atoms with Crippen LogP contribution in [0.5, 0.6) is 0 Å². The van der Waals surface area contributed by atoms with Crippen molar-refractivity contribution in [1.29, 1.82) is 0 Å². The van der Waals surface area contributed by atoms with Crippen LogP contribution in [0.4, 0.5) is 0 Å². The standard InChI is InChI=1S/C19H26N2O3S/c1-14-2-3-17(20-9-14)18(22)21-12-19(13-21)8-16(11-25-19)24-10-15-4-6-23-7-5-15/h2-3,9,15-16H,4-8,10-13H2,1H3. The summed E-state index contributed by atoms with van der Waals surface area (Å²) in [4.78, 5) is 18.7. The molecule has 1 spiro atoms. The average molecular weight is 362 g/mol. The molecule has 25 heavy (non-hydrogen) atoms. The van der Waals surface area contributed by atoms with Crippen LogP contribution in [-0.4, -0.2) is 65.3 Å². The number of nitrogens with zero attached hydrogens (tertiary/aromatic N) is 2. The van der Waals surface area contributed by atoms with Crippen molar-refractivity contribution >= 4 is 17.7 Å². The van der Waals surface area contributed by atoms with Gasteiger partial charge in [0.05, 0.1) is 10.9 Å². The topological polar surface area (TPSA) is 51.7 Å². The number of hydrogen-bond donors (Lipinski definition) is 0. The minimum atomic E-state index is 0.0535. The van der Waals surface area contributed by atoms with E-state index >= 15 is 0 Å². The van der Waals surface area contributed by atoms with Crippen LogP contribution in [0.1, 0.15) is 35.3 Å². The normalized spacial score (nSPS) is 26.0. The van der Waals surface area contributed by atoms with E-state index in [9.17, 15) is 4.79 Å². The third-order valence-electron chi connectivity index (χ3n) is 5.46. The highest BCUT2D eigenvalue weighted by Gasteiger charge is 2.51. The number of likely N-dealkylation sites (tertiary alicyclic amines) is 1. The molecule has 3 fully saturated rings. The molecule has 1 atom stereocenters. The maximum absolute atomic E-state index is 12.5. The minimum absolute atomic E-state index is 0.0535. The van der Waals surface area contributed by atoms with Crippen LogP contribution in [0.3, 0.4) is 0 Å². The molecule has 1 aromatic heterocycles. The highest BCUT2D eigenvalue weighted by Crippen LogP contribution is 2.46. The maximum Gasteiger partial charge on any atom is 0.272 e. The lowest BCUT2D eigenvalue weighted by atomic mass is 9.92. The quantitative estimate of drug-likeness (QED) is 0.824. The first-order chi connectivity index (χ1) is 12.1. The number of aryl methyl sites for hydroxylation is 1. The first kappa shape index (κ1) is 17.3. The molecule has 136 valence electrons. The van der Waals surface area contributed by atoms with Gasteiger partial charge < -0.3 is 14.4 Å². The van der Waals surface area contributed by atoms with Gasteiger partial charge in [-0.25, -0.2) is 0 Å². The van der Waals surface area contributed by atoms with Gasteiger partial charge in [0.1, 0.15) is 5.69 Å². The van der Waals surface area contributed by atoms with Crippen molar-refractivity contribution in [3.05, 3.63) is 29.6 Å². The van der Waals surface area contributed by atoms with Gasteiger partial charge in [0.15, 0.2) is 0 Å². The van der Waals surface area contributed by atoms with Crippen molar-refractivity contribution in [2.45, 2.75) is 37.0 Å². The predicted octanol–water partition coefficient (Wildman–Crippen LogP) is 2.53. The summed E-state index contributed by atoms with van der Waals surface area (Å²) in [6.45, 7) is 6.24. The zero-order chi connectivity index (χ0) is 17.3. The SMILES string of the molecule is Cc1ccc(C(=O)N2CC3(CC(OCC4CCOCC4)CS3)C2)nc1. The van der Waals surface area contributed by atoms with Crippen LogP contribution in [-0.2, 0) is 9.47 Å². The van der Waals surface area contributed by atoms with Crippen LogP contribution in [0, 0.1) is 12.8 Å². The van der Waals surface area contributed by atoms with Crippen molar-refractivity contribution in [3.63, 3.8) is 0 Å². The number of carbonyl (C=O) groups excluding carboxylic acids is 1. The van der Waals surface area contributed by atoms with Crippen molar-refractivity contribution < 1.29 is 14.3 Å². The zero-order valence-electron chi connectivity index (χ0n) is 14.8. The second kappa shape index (κ2) is 7.25. The van der Waals surface area contributed by atoms with Crippen molar-refractivity contribution in [3.8, 4) is 0 Å². The average Bonchev–Trinajstić information content (AvgIpc) is 3.04. The second-order valence-electron chi connectivity index (χ2n) is 7.59. The molecule has 1 unspecified atom stereocenters. The second-order valence-corrected chi connectivity index (χ2v) is 9.08. The molecule has 0 aliphatic carbocycles. The summed E-state index contributed by atoms with van der Waals surface area (Å²) in [6.07, 6.45) is 5.40. The lowest BCUT2D eigenvalue weighted by Gasteiger charge is -2.47. The monoisotopic (exact) mass is 362 g/mol. The Hall–Kier alpha value is -1.11. The van der Waals surface area contributed by atoms with Crippen molar-refractivity contribution in [1.82, 2.24) is 9.88 Å². The van der Waals surface area contributed by atoms with E-state index in [-0.39, 0.29) is 10.7 Å². The number of pyridine rings is 1. The van der Waals surface area contributed by atoms with E-state index in [0.29, 0.717) is 17.7 Å². The number of amides is 1. The fraction of sp³-hybridized carbons (Fsp3) is 0.684. The number of carbonyl (C=O) groups is 1. The fourth-order valence-corrected chi connectivity index (χ4v) is 5.42. The molecule has 4 heterocycles. The number of thioether (sulfide) groups is 1. The van der Waals surface area contributed by atoms with E-state index in [4.69, 9.17) is 9.47 Å². The molecule has 0 bridgehead atoms. The fourth-order valence-electron chi connectivity index (χ4n) is 3.86. The van der Waals surface area contributed by atoms with Gasteiger partial charge in [-0.15, -0.1) is 11.8 Å². The lowest BCUT2D eigenvalue weighted by molar-refractivity contribution is -0.0119.